The van der Waals surface area contributed by atoms with Crippen molar-refractivity contribution in [1.82, 2.24) is 0 Å². The highest BCUT2D eigenvalue weighted by Crippen LogP contribution is 2.47. The standard InChI is InChI=1S/C27H20O7/c1-30-21-11-16(12-22-27(21)32-10-9-31-22)18-13-23(28)34-20-8-7-17-25(29)19(14-33-26(17)24(18)20)15-5-3-2-4-6-15/h2-8,11-12,14,18H,9-10,13H2,1H3. The first-order valence-corrected chi connectivity index (χ1v) is 11.0. The molecule has 0 fully saturated rings. The van der Waals surface area contributed by atoms with E-state index in [1.807, 2.05) is 42.5 Å². The molecule has 34 heavy (non-hydrogen) atoms. The summed E-state index contributed by atoms with van der Waals surface area (Å²) in [5, 5.41) is 0.424. The second kappa shape index (κ2) is 7.95. The maximum absolute atomic E-state index is 13.4. The lowest BCUT2D eigenvalue weighted by Crippen LogP contribution is -2.22. The van der Waals surface area contributed by atoms with Crippen LogP contribution in [0.5, 0.6) is 23.0 Å². The van der Waals surface area contributed by atoms with E-state index < -0.39 is 5.92 Å². The summed E-state index contributed by atoms with van der Waals surface area (Å²) in [4.78, 5) is 25.9. The van der Waals surface area contributed by atoms with Crippen molar-refractivity contribution in [2.24, 2.45) is 0 Å². The summed E-state index contributed by atoms with van der Waals surface area (Å²) >= 11 is 0. The van der Waals surface area contributed by atoms with Crippen molar-refractivity contribution in [2.45, 2.75) is 12.3 Å². The van der Waals surface area contributed by atoms with Gasteiger partial charge in [0, 0.05) is 11.5 Å². The molecule has 3 heterocycles. The average Bonchev–Trinajstić information content (AvgIpc) is 2.88. The fourth-order valence-corrected chi connectivity index (χ4v) is 4.65. The smallest absolute Gasteiger partial charge is 0.312 e. The SMILES string of the molecule is COc1cc(C2CC(=O)Oc3ccc4c(=O)c(-c5ccccc5)coc4c32)cc2c1OCCO2. The molecular formula is C27H20O7. The summed E-state index contributed by atoms with van der Waals surface area (Å²) < 4.78 is 28.6. The van der Waals surface area contributed by atoms with Gasteiger partial charge in [-0.1, -0.05) is 30.3 Å². The molecule has 0 bridgehead atoms. The first-order chi connectivity index (χ1) is 16.6. The minimum absolute atomic E-state index is 0.0824. The molecule has 4 aromatic rings. The van der Waals surface area contributed by atoms with Crippen molar-refractivity contribution in [3.8, 4) is 34.1 Å². The van der Waals surface area contributed by atoms with E-state index in [0.29, 0.717) is 58.3 Å². The van der Waals surface area contributed by atoms with Crippen LogP contribution in [-0.2, 0) is 4.79 Å². The van der Waals surface area contributed by atoms with E-state index in [1.54, 1.807) is 19.2 Å². The molecule has 0 radical (unpaired) electrons. The number of benzene rings is 3. The summed E-state index contributed by atoms with van der Waals surface area (Å²) in [7, 11) is 1.56. The van der Waals surface area contributed by atoms with Crippen LogP contribution in [0.15, 0.2) is 70.1 Å². The van der Waals surface area contributed by atoms with Gasteiger partial charge in [0.25, 0.3) is 0 Å². The van der Waals surface area contributed by atoms with Crippen LogP contribution in [-0.4, -0.2) is 26.3 Å². The van der Waals surface area contributed by atoms with Gasteiger partial charge in [0.05, 0.1) is 24.5 Å². The van der Waals surface area contributed by atoms with Crippen molar-refractivity contribution in [3.05, 3.63) is 82.2 Å². The summed E-state index contributed by atoms with van der Waals surface area (Å²) in [5.41, 5.74) is 2.92. The van der Waals surface area contributed by atoms with E-state index in [0.717, 1.165) is 11.1 Å². The molecule has 1 unspecified atom stereocenters. The van der Waals surface area contributed by atoms with Gasteiger partial charge in [-0.05, 0) is 35.4 Å². The summed E-state index contributed by atoms with van der Waals surface area (Å²) in [6.07, 6.45) is 1.55. The molecule has 2 aliphatic heterocycles. The number of hydrogen-bond acceptors (Lipinski definition) is 7. The Morgan fingerprint density at radius 3 is 2.59 bits per heavy atom. The lowest BCUT2D eigenvalue weighted by atomic mass is 9.84. The predicted octanol–water partition coefficient (Wildman–Crippen LogP) is 4.68. The molecule has 7 nitrogen and oxygen atoms in total. The number of carbonyl (C=O) groups is 1. The molecule has 0 saturated carbocycles. The van der Waals surface area contributed by atoms with Crippen molar-refractivity contribution >= 4 is 16.9 Å². The molecule has 7 heteroatoms. The second-order valence-electron chi connectivity index (χ2n) is 8.18. The number of esters is 1. The van der Waals surface area contributed by atoms with Crippen molar-refractivity contribution in [3.63, 3.8) is 0 Å². The quantitative estimate of drug-likeness (QED) is 0.327. The molecule has 0 saturated heterocycles. The molecule has 1 atom stereocenters. The Morgan fingerprint density at radius 1 is 0.941 bits per heavy atom. The maximum Gasteiger partial charge on any atom is 0.312 e. The molecule has 1 aromatic heterocycles. The van der Waals surface area contributed by atoms with E-state index in [1.165, 1.54) is 6.26 Å². The zero-order valence-electron chi connectivity index (χ0n) is 18.3. The number of carbonyl (C=O) groups excluding carboxylic acids is 1. The number of rotatable bonds is 3. The summed E-state index contributed by atoms with van der Waals surface area (Å²) in [6.45, 7) is 0.851. The van der Waals surface area contributed by atoms with Crippen LogP contribution in [0.25, 0.3) is 22.1 Å². The lowest BCUT2D eigenvalue weighted by molar-refractivity contribution is -0.135. The Balaban J connectivity index is 1.56. The fourth-order valence-electron chi connectivity index (χ4n) is 4.65. The van der Waals surface area contributed by atoms with Gasteiger partial charge in [-0.25, -0.2) is 0 Å². The fraction of sp³-hybridized carbons (Fsp3) is 0.185. The van der Waals surface area contributed by atoms with Gasteiger partial charge in [0.2, 0.25) is 11.2 Å². The third-order valence-corrected chi connectivity index (χ3v) is 6.22. The molecule has 170 valence electrons. The van der Waals surface area contributed by atoms with E-state index in [2.05, 4.69) is 0 Å². The lowest BCUT2D eigenvalue weighted by Gasteiger charge is -2.27. The largest absolute Gasteiger partial charge is 0.493 e. The van der Waals surface area contributed by atoms with Gasteiger partial charge in [0.15, 0.2) is 11.5 Å². The van der Waals surface area contributed by atoms with Crippen LogP contribution in [0.3, 0.4) is 0 Å². The molecular weight excluding hydrogens is 436 g/mol. The van der Waals surface area contributed by atoms with E-state index in [9.17, 15) is 9.59 Å². The molecule has 0 aliphatic carbocycles. The number of methoxy groups -OCH3 is 1. The zero-order chi connectivity index (χ0) is 23.2. The van der Waals surface area contributed by atoms with E-state index >= 15 is 0 Å². The molecule has 6 rings (SSSR count). The molecule has 3 aromatic carbocycles. The first kappa shape index (κ1) is 20.4. The van der Waals surface area contributed by atoms with E-state index in [-0.39, 0.29) is 17.8 Å². The third-order valence-electron chi connectivity index (χ3n) is 6.22. The Morgan fingerprint density at radius 2 is 1.76 bits per heavy atom. The van der Waals surface area contributed by atoms with Crippen LogP contribution >= 0.6 is 0 Å². The van der Waals surface area contributed by atoms with E-state index in [4.69, 9.17) is 23.4 Å². The van der Waals surface area contributed by atoms with Gasteiger partial charge in [-0.15, -0.1) is 0 Å². The van der Waals surface area contributed by atoms with Crippen LogP contribution in [0.1, 0.15) is 23.5 Å². The van der Waals surface area contributed by atoms with Crippen LogP contribution < -0.4 is 24.4 Å². The minimum Gasteiger partial charge on any atom is -0.493 e. The summed E-state index contributed by atoms with van der Waals surface area (Å²) in [6, 6.07) is 16.3. The van der Waals surface area contributed by atoms with Crippen molar-refractivity contribution in [2.75, 3.05) is 20.3 Å². The van der Waals surface area contributed by atoms with Crippen LogP contribution in [0, 0.1) is 0 Å². The Bertz CT molecular complexity index is 1470. The molecule has 2 aliphatic rings. The molecule has 0 spiro atoms. The third kappa shape index (κ3) is 3.20. The minimum atomic E-state index is -0.421. The predicted molar refractivity (Wildman–Crippen MR) is 124 cm³/mol. The highest BCUT2D eigenvalue weighted by atomic mass is 16.6. The number of hydrogen-bond donors (Lipinski definition) is 0. The van der Waals surface area contributed by atoms with Gasteiger partial charge in [-0.3, -0.25) is 9.59 Å². The monoisotopic (exact) mass is 456 g/mol. The van der Waals surface area contributed by atoms with Crippen molar-refractivity contribution in [1.29, 1.82) is 0 Å². The highest BCUT2D eigenvalue weighted by Gasteiger charge is 2.34. The Labute approximate surface area is 194 Å². The summed E-state index contributed by atoms with van der Waals surface area (Å²) in [5.74, 6) is 1.19. The maximum atomic E-state index is 13.4. The van der Waals surface area contributed by atoms with Gasteiger partial charge >= 0.3 is 5.97 Å². The Kier molecular flexibility index (Phi) is 4.76. The Hall–Kier alpha value is -4.26. The number of fused-ring (bicyclic) bond motifs is 4. The topological polar surface area (TPSA) is 84.2 Å². The number of ether oxygens (including phenoxy) is 4. The van der Waals surface area contributed by atoms with Gasteiger partial charge in [0.1, 0.15) is 30.8 Å². The van der Waals surface area contributed by atoms with Crippen molar-refractivity contribution < 1.29 is 28.2 Å². The molecule has 0 amide bonds. The van der Waals surface area contributed by atoms with Crippen LogP contribution in [0.2, 0.25) is 0 Å². The van der Waals surface area contributed by atoms with Gasteiger partial charge in [-0.2, -0.15) is 0 Å². The van der Waals surface area contributed by atoms with Crippen LogP contribution in [0.4, 0.5) is 0 Å². The zero-order valence-corrected chi connectivity index (χ0v) is 18.3. The normalized spacial score (nSPS) is 16.6. The average molecular weight is 456 g/mol. The first-order valence-electron chi connectivity index (χ1n) is 11.0. The van der Waals surface area contributed by atoms with Gasteiger partial charge < -0.3 is 23.4 Å². The second-order valence-corrected chi connectivity index (χ2v) is 8.18. The molecule has 0 N–H and O–H groups in total. The highest BCUT2D eigenvalue weighted by molar-refractivity contribution is 5.90.